The van der Waals surface area contributed by atoms with Gasteiger partial charge >= 0.3 is 0 Å². The highest BCUT2D eigenvalue weighted by Gasteiger charge is 2.39. The quantitative estimate of drug-likeness (QED) is 0.896. The van der Waals surface area contributed by atoms with Crippen molar-refractivity contribution in [3.8, 4) is 0 Å². The molecule has 19 heavy (non-hydrogen) atoms. The van der Waals surface area contributed by atoms with E-state index >= 15 is 0 Å². The minimum absolute atomic E-state index is 0.259. The molecule has 108 valence electrons. The zero-order valence-corrected chi connectivity index (χ0v) is 13.0. The second-order valence-electron chi connectivity index (χ2n) is 5.02. The van der Waals surface area contributed by atoms with Crippen molar-refractivity contribution in [1.29, 1.82) is 0 Å². The van der Waals surface area contributed by atoms with Crippen molar-refractivity contribution in [3.63, 3.8) is 0 Å². The lowest BCUT2D eigenvalue weighted by Gasteiger charge is -2.36. The van der Waals surface area contributed by atoms with E-state index in [1.165, 1.54) is 0 Å². The van der Waals surface area contributed by atoms with Crippen LogP contribution in [-0.4, -0.2) is 41.8 Å². The van der Waals surface area contributed by atoms with Crippen LogP contribution in [-0.2, 0) is 21.6 Å². The average molecular weight is 333 g/mol. The van der Waals surface area contributed by atoms with Crippen LogP contribution < -0.4 is 0 Å². The molecule has 0 amide bonds. The Balaban J connectivity index is 2.18. The molecule has 5 nitrogen and oxygen atoms in total. The highest BCUT2D eigenvalue weighted by atomic mass is 79.9. The molecule has 0 radical (unpaired) electrons. The Morgan fingerprint density at radius 3 is 2.74 bits per heavy atom. The van der Waals surface area contributed by atoms with E-state index in [0.29, 0.717) is 26.0 Å². The molecule has 1 aliphatic rings. The fourth-order valence-electron chi connectivity index (χ4n) is 2.71. The lowest BCUT2D eigenvalue weighted by Crippen LogP contribution is -2.36. The molecule has 1 heterocycles. The molecule has 0 atom stereocenters. The molecule has 0 bridgehead atoms. The maximum atomic E-state index is 10.9. The van der Waals surface area contributed by atoms with Crippen molar-refractivity contribution in [2.75, 3.05) is 20.8 Å². The van der Waals surface area contributed by atoms with Crippen molar-refractivity contribution in [1.82, 2.24) is 9.78 Å². The summed E-state index contributed by atoms with van der Waals surface area (Å²) in [5.41, 5.74) is 0.0390. The average Bonchev–Trinajstić information content (AvgIpc) is 2.79. The first-order chi connectivity index (χ1) is 9.10. The van der Waals surface area contributed by atoms with Gasteiger partial charge in [-0.1, -0.05) is 0 Å². The van der Waals surface area contributed by atoms with Gasteiger partial charge in [0, 0.05) is 14.2 Å². The third kappa shape index (κ3) is 3.18. The number of halogens is 1. The van der Waals surface area contributed by atoms with E-state index < -0.39 is 5.60 Å². The number of hydrogen-bond acceptors (Lipinski definition) is 4. The van der Waals surface area contributed by atoms with Crippen LogP contribution in [0.5, 0.6) is 0 Å². The third-order valence-corrected chi connectivity index (χ3v) is 4.42. The molecule has 1 N–H and O–H groups in total. The largest absolute Gasteiger partial charge is 0.384 e. The molecule has 1 saturated carbocycles. The van der Waals surface area contributed by atoms with Crippen LogP contribution >= 0.6 is 15.9 Å². The monoisotopic (exact) mass is 332 g/mol. The van der Waals surface area contributed by atoms with Gasteiger partial charge in [0.2, 0.25) is 0 Å². The number of rotatable bonds is 5. The van der Waals surface area contributed by atoms with Crippen LogP contribution in [0.4, 0.5) is 0 Å². The summed E-state index contributed by atoms with van der Waals surface area (Å²) in [7, 11) is 3.39. The summed E-state index contributed by atoms with van der Waals surface area (Å²) in [5, 5.41) is 15.2. The maximum Gasteiger partial charge on any atom is 0.108 e. The molecule has 1 aliphatic carbocycles. The van der Waals surface area contributed by atoms with E-state index in [-0.39, 0.29) is 6.10 Å². The highest BCUT2D eigenvalue weighted by molar-refractivity contribution is 9.10. The lowest BCUT2D eigenvalue weighted by atomic mass is 9.81. The van der Waals surface area contributed by atoms with Gasteiger partial charge in [0.05, 0.1) is 35.6 Å². The molecule has 1 aromatic rings. The number of aromatic nitrogens is 2. The van der Waals surface area contributed by atoms with E-state index in [0.717, 1.165) is 23.0 Å². The van der Waals surface area contributed by atoms with Gasteiger partial charge in [0.15, 0.2) is 0 Å². The molecule has 6 heteroatoms. The maximum absolute atomic E-state index is 10.9. The number of nitrogens with zero attached hydrogens (tertiary/aromatic N) is 2. The van der Waals surface area contributed by atoms with Gasteiger partial charge in [-0.3, -0.25) is 4.68 Å². The Labute approximate surface area is 122 Å². The highest BCUT2D eigenvalue weighted by Crippen LogP contribution is 2.40. The van der Waals surface area contributed by atoms with Gasteiger partial charge < -0.3 is 14.6 Å². The minimum Gasteiger partial charge on any atom is -0.384 e. The Hall–Kier alpha value is -0.430. The summed E-state index contributed by atoms with van der Waals surface area (Å²) < 4.78 is 13.1. The van der Waals surface area contributed by atoms with Crippen LogP contribution in [0.15, 0.2) is 10.7 Å². The summed E-state index contributed by atoms with van der Waals surface area (Å²) in [6.07, 6.45) is 5.13. The van der Waals surface area contributed by atoms with Crippen LogP contribution in [0.1, 0.15) is 31.4 Å². The van der Waals surface area contributed by atoms with Crippen molar-refractivity contribution in [3.05, 3.63) is 16.4 Å². The third-order valence-electron chi connectivity index (χ3n) is 3.84. The Kier molecular flexibility index (Phi) is 5.00. The molecular weight excluding hydrogens is 312 g/mol. The molecule has 0 saturated heterocycles. The van der Waals surface area contributed by atoms with E-state index in [1.807, 2.05) is 4.68 Å². The summed E-state index contributed by atoms with van der Waals surface area (Å²) in [4.78, 5) is 0. The zero-order valence-electron chi connectivity index (χ0n) is 11.4. The van der Waals surface area contributed by atoms with Crippen LogP contribution in [0.25, 0.3) is 0 Å². The van der Waals surface area contributed by atoms with Gasteiger partial charge in [0.25, 0.3) is 0 Å². The zero-order chi connectivity index (χ0) is 13.9. The van der Waals surface area contributed by atoms with Crippen LogP contribution in [0.3, 0.4) is 0 Å². The topological polar surface area (TPSA) is 56.5 Å². The Bertz CT molecular complexity index is 414. The first-order valence-electron chi connectivity index (χ1n) is 6.56. The fourth-order valence-corrected chi connectivity index (χ4v) is 3.38. The van der Waals surface area contributed by atoms with E-state index in [9.17, 15) is 5.11 Å². The van der Waals surface area contributed by atoms with Gasteiger partial charge in [-0.05, 0) is 41.6 Å². The van der Waals surface area contributed by atoms with Crippen LogP contribution in [0.2, 0.25) is 0 Å². The van der Waals surface area contributed by atoms with Crippen molar-refractivity contribution >= 4 is 15.9 Å². The van der Waals surface area contributed by atoms with Gasteiger partial charge in [-0.15, -0.1) is 0 Å². The first kappa shape index (κ1) is 15.0. The van der Waals surface area contributed by atoms with Crippen LogP contribution in [0, 0.1) is 0 Å². The van der Waals surface area contributed by atoms with Gasteiger partial charge in [-0.2, -0.15) is 5.10 Å². The molecule has 0 aromatic carbocycles. The predicted molar refractivity (Wildman–Crippen MR) is 75.0 cm³/mol. The molecule has 1 aromatic heterocycles. The molecular formula is C13H21BrN2O3. The van der Waals surface area contributed by atoms with E-state index in [4.69, 9.17) is 9.47 Å². The lowest BCUT2D eigenvalue weighted by molar-refractivity contribution is -0.0535. The van der Waals surface area contributed by atoms with E-state index in [2.05, 4.69) is 21.0 Å². The second-order valence-corrected chi connectivity index (χ2v) is 5.88. The number of ether oxygens (including phenoxy) is 2. The molecule has 1 fully saturated rings. The SMILES string of the molecule is COCCn1ncc(Br)c1C1(O)CCC(OC)CC1. The van der Waals surface area contributed by atoms with Gasteiger partial charge in [0.1, 0.15) is 5.60 Å². The van der Waals surface area contributed by atoms with Gasteiger partial charge in [-0.25, -0.2) is 0 Å². The summed E-state index contributed by atoms with van der Waals surface area (Å²) >= 11 is 3.50. The molecule has 0 spiro atoms. The fraction of sp³-hybridized carbons (Fsp3) is 0.769. The standard InChI is InChI=1S/C13H21BrN2O3/c1-18-8-7-16-12(11(14)9-15-16)13(17)5-3-10(19-2)4-6-13/h9-10,17H,3-8H2,1-2H3. The van der Waals surface area contributed by atoms with E-state index in [1.54, 1.807) is 20.4 Å². The summed E-state index contributed by atoms with van der Waals surface area (Å²) in [6, 6.07) is 0. The summed E-state index contributed by atoms with van der Waals surface area (Å²) in [5.74, 6) is 0. The number of hydrogen-bond donors (Lipinski definition) is 1. The minimum atomic E-state index is -0.821. The number of methoxy groups -OCH3 is 2. The first-order valence-corrected chi connectivity index (χ1v) is 7.36. The molecule has 2 rings (SSSR count). The van der Waals surface area contributed by atoms with Crippen molar-refractivity contribution in [2.45, 2.75) is 43.9 Å². The summed E-state index contributed by atoms with van der Waals surface area (Å²) in [6.45, 7) is 1.23. The smallest absolute Gasteiger partial charge is 0.108 e. The second kappa shape index (κ2) is 6.35. The number of aliphatic hydroxyl groups is 1. The Morgan fingerprint density at radius 2 is 2.16 bits per heavy atom. The predicted octanol–water partition coefficient (Wildman–Crippen LogP) is 2.07. The Morgan fingerprint density at radius 1 is 1.47 bits per heavy atom. The normalized spacial score (nSPS) is 27.7. The molecule has 0 unspecified atom stereocenters. The van der Waals surface area contributed by atoms with Crippen molar-refractivity contribution in [2.24, 2.45) is 0 Å². The van der Waals surface area contributed by atoms with Crippen molar-refractivity contribution < 1.29 is 14.6 Å². The molecule has 0 aliphatic heterocycles.